The molecule has 6 nitrogen and oxygen atoms in total. The monoisotopic (exact) mass is 293 g/mol. The molecule has 1 aliphatic rings. The predicted molar refractivity (Wildman–Crippen MR) is 72.4 cm³/mol. The third-order valence-corrected chi connectivity index (χ3v) is 4.07. The van der Waals surface area contributed by atoms with Crippen LogP contribution in [0.25, 0.3) is 11.4 Å². The third-order valence-electron chi connectivity index (χ3n) is 3.36. The van der Waals surface area contributed by atoms with E-state index in [4.69, 9.17) is 9.15 Å². The third kappa shape index (κ3) is 2.72. The highest BCUT2D eigenvalue weighted by Gasteiger charge is 2.25. The number of esters is 1. The molecule has 2 heterocycles. The summed E-state index contributed by atoms with van der Waals surface area (Å²) in [4.78, 5) is 16.8. The number of carbonyl (C=O) groups is 1. The van der Waals surface area contributed by atoms with Crippen molar-refractivity contribution >= 4 is 17.5 Å². The molecule has 0 radical (unpaired) electrons. The maximum absolute atomic E-state index is 12.2. The normalized spacial score (nSPS) is 16.2. The van der Waals surface area contributed by atoms with Gasteiger partial charge >= 0.3 is 5.97 Å². The summed E-state index contributed by atoms with van der Waals surface area (Å²) in [6, 6.07) is 0. The number of ether oxygens (including phenoxy) is 1. The van der Waals surface area contributed by atoms with Gasteiger partial charge in [0.05, 0.1) is 0 Å². The Balaban J connectivity index is 1.76. The Morgan fingerprint density at radius 1 is 1.40 bits per heavy atom. The molecular weight excluding hydrogens is 278 g/mol. The van der Waals surface area contributed by atoms with E-state index in [0.29, 0.717) is 22.2 Å². The highest BCUT2D eigenvalue weighted by Crippen LogP contribution is 2.26. The Morgan fingerprint density at radius 3 is 2.90 bits per heavy atom. The summed E-state index contributed by atoms with van der Waals surface area (Å²) in [5, 5.41) is 3.96. The molecule has 0 saturated heterocycles. The van der Waals surface area contributed by atoms with Crippen molar-refractivity contribution in [1.82, 2.24) is 14.6 Å². The molecule has 0 spiro atoms. The van der Waals surface area contributed by atoms with Crippen molar-refractivity contribution in [2.45, 2.75) is 45.1 Å². The second kappa shape index (κ2) is 5.70. The minimum absolute atomic E-state index is 0.0187. The average Bonchev–Trinajstić information content (AvgIpc) is 3.08. The smallest absolute Gasteiger partial charge is 0.352 e. The first kappa shape index (κ1) is 13.2. The number of hydrogen-bond donors (Lipinski definition) is 0. The van der Waals surface area contributed by atoms with E-state index < -0.39 is 0 Å². The lowest BCUT2D eigenvalue weighted by Crippen LogP contribution is -2.20. The van der Waals surface area contributed by atoms with Crippen LogP contribution in [0.1, 0.15) is 47.7 Å². The number of oxazole rings is 1. The fourth-order valence-corrected chi connectivity index (χ4v) is 2.91. The van der Waals surface area contributed by atoms with Crippen LogP contribution >= 0.6 is 11.5 Å². The highest BCUT2D eigenvalue weighted by molar-refractivity contribution is 7.08. The second-order valence-corrected chi connectivity index (χ2v) is 5.62. The van der Waals surface area contributed by atoms with E-state index in [2.05, 4.69) is 14.6 Å². The highest BCUT2D eigenvalue weighted by atomic mass is 32.1. The van der Waals surface area contributed by atoms with E-state index in [9.17, 15) is 4.79 Å². The van der Waals surface area contributed by atoms with Crippen LogP contribution in [0.3, 0.4) is 0 Å². The van der Waals surface area contributed by atoms with Gasteiger partial charge in [-0.05, 0) is 37.2 Å². The van der Waals surface area contributed by atoms with Crippen molar-refractivity contribution in [1.29, 1.82) is 0 Å². The van der Waals surface area contributed by atoms with Crippen LogP contribution in [0, 0.1) is 6.92 Å². The lowest BCUT2D eigenvalue weighted by atomic mass is 9.98. The molecule has 106 valence electrons. The molecule has 3 rings (SSSR count). The number of carbonyl (C=O) groups excluding carboxylic acids is 1. The topological polar surface area (TPSA) is 78.1 Å². The molecule has 2 aromatic heterocycles. The quantitative estimate of drug-likeness (QED) is 0.809. The van der Waals surface area contributed by atoms with Crippen LogP contribution in [0.5, 0.6) is 0 Å². The average molecular weight is 293 g/mol. The van der Waals surface area contributed by atoms with Crippen molar-refractivity contribution in [3.63, 3.8) is 0 Å². The molecule has 1 aliphatic carbocycles. The van der Waals surface area contributed by atoms with E-state index in [1.165, 1.54) is 12.7 Å². The number of aryl methyl sites for hydroxylation is 1. The molecule has 1 fully saturated rings. The van der Waals surface area contributed by atoms with Gasteiger partial charge in [0.25, 0.3) is 0 Å². The van der Waals surface area contributed by atoms with Gasteiger partial charge in [0, 0.05) is 6.92 Å². The summed E-state index contributed by atoms with van der Waals surface area (Å²) < 4.78 is 14.5. The maximum atomic E-state index is 12.2. The molecule has 0 N–H and O–H groups in total. The molecular formula is C13H15N3O3S. The van der Waals surface area contributed by atoms with Gasteiger partial charge in [-0.15, -0.1) is 5.10 Å². The zero-order valence-corrected chi connectivity index (χ0v) is 12.0. The van der Waals surface area contributed by atoms with Gasteiger partial charge in [-0.2, -0.15) is 0 Å². The standard InChI is InChI=1S/C13H15N3O3S/c1-8-14-10(7-18-8)11-12(20-16-15-11)13(17)19-9-5-3-2-4-6-9/h7,9H,2-6H2,1H3. The van der Waals surface area contributed by atoms with Crippen LogP contribution in [-0.2, 0) is 4.74 Å². The van der Waals surface area contributed by atoms with Gasteiger partial charge in [-0.1, -0.05) is 10.9 Å². The number of hydrogen-bond acceptors (Lipinski definition) is 7. The Kier molecular flexibility index (Phi) is 3.77. The van der Waals surface area contributed by atoms with E-state index in [1.54, 1.807) is 6.92 Å². The largest absolute Gasteiger partial charge is 0.458 e. The van der Waals surface area contributed by atoms with Crippen LogP contribution < -0.4 is 0 Å². The van der Waals surface area contributed by atoms with Gasteiger partial charge in [0.2, 0.25) is 0 Å². The molecule has 0 bridgehead atoms. The predicted octanol–water partition coefficient (Wildman–Crippen LogP) is 2.99. The van der Waals surface area contributed by atoms with Crippen molar-refractivity contribution in [2.24, 2.45) is 0 Å². The molecule has 0 amide bonds. The molecule has 1 saturated carbocycles. The fraction of sp³-hybridized carbons (Fsp3) is 0.538. The van der Waals surface area contributed by atoms with E-state index in [-0.39, 0.29) is 12.1 Å². The molecule has 0 unspecified atom stereocenters. The Hall–Kier alpha value is -1.76. The van der Waals surface area contributed by atoms with Gasteiger partial charge in [0.1, 0.15) is 23.8 Å². The van der Waals surface area contributed by atoms with Crippen LogP contribution in [0.2, 0.25) is 0 Å². The molecule has 2 aromatic rings. The van der Waals surface area contributed by atoms with Gasteiger partial charge in [-0.25, -0.2) is 9.78 Å². The Labute approximate surface area is 120 Å². The Morgan fingerprint density at radius 2 is 2.20 bits per heavy atom. The second-order valence-electron chi connectivity index (χ2n) is 4.87. The minimum atomic E-state index is -0.359. The van der Waals surface area contributed by atoms with Gasteiger partial charge in [-0.3, -0.25) is 0 Å². The van der Waals surface area contributed by atoms with Crippen molar-refractivity contribution < 1.29 is 13.9 Å². The maximum Gasteiger partial charge on any atom is 0.352 e. The fourth-order valence-electron chi connectivity index (χ4n) is 2.35. The molecule has 20 heavy (non-hydrogen) atoms. The lowest BCUT2D eigenvalue weighted by Gasteiger charge is -2.21. The van der Waals surface area contributed by atoms with Crippen LogP contribution in [0.4, 0.5) is 0 Å². The zero-order chi connectivity index (χ0) is 13.9. The summed E-state index contributed by atoms with van der Waals surface area (Å²) in [7, 11) is 0. The minimum Gasteiger partial charge on any atom is -0.458 e. The Bertz CT molecular complexity index is 602. The number of rotatable bonds is 3. The SMILES string of the molecule is Cc1nc(-c2nnsc2C(=O)OC2CCCCC2)co1. The molecule has 0 atom stereocenters. The van der Waals surface area contributed by atoms with E-state index >= 15 is 0 Å². The van der Waals surface area contributed by atoms with Crippen LogP contribution in [0.15, 0.2) is 10.7 Å². The number of nitrogens with zero attached hydrogens (tertiary/aromatic N) is 3. The summed E-state index contributed by atoms with van der Waals surface area (Å²) in [6.45, 7) is 1.74. The van der Waals surface area contributed by atoms with Gasteiger partial charge < -0.3 is 9.15 Å². The van der Waals surface area contributed by atoms with Crippen LogP contribution in [-0.4, -0.2) is 26.6 Å². The first-order valence-corrected chi connectivity index (χ1v) is 7.47. The summed E-state index contributed by atoms with van der Waals surface area (Å²) in [6.07, 6.45) is 6.84. The van der Waals surface area contributed by atoms with Crippen molar-refractivity contribution in [2.75, 3.05) is 0 Å². The lowest BCUT2D eigenvalue weighted by molar-refractivity contribution is 0.0217. The van der Waals surface area contributed by atoms with Gasteiger partial charge in [0.15, 0.2) is 10.8 Å². The first-order valence-electron chi connectivity index (χ1n) is 6.70. The molecule has 7 heteroatoms. The van der Waals surface area contributed by atoms with E-state index in [1.807, 2.05) is 0 Å². The molecule has 0 aromatic carbocycles. The summed E-state index contributed by atoms with van der Waals surface area (Å²) in [5.41, 5.74) is 0.958. The summed E-state index contributed by atoms with van der Waals surface area (Å²) in [5.74, 6) is 0.169. The van der Waals surface area contributed by atoms with Crippen molar-refractivity contribution in [3.8, 4) is 11.4 Å². The number of aromatic nitrogens is 3. The first-order chi connectivity index (χ1) is 9.74. The summed E-state index contributed by atoms with van der Waals surface area (Å²) >= 11 is 1.03. The zero-order valence-electron chi connectivity index (χ0n) is 11.2. The van der Waals surface area contributed by atoms with E-state index in [0.717, 1.165) is 37.2 Å². The molecule has 0 aliphatic heterocycles. The van der Waals surface area contributed by atoms with Crippen molar-refractivity contribution in [3.05, 3.63) is 17.0 Å².